The Morgan fingerprint density at radius 2 is 2.05 bits per heavy atom. The van der Waals surface area contributed by atoms with E-state index in [9.17, 15) is 17.2 Å². The van der Waals surface area contributed by atoms with E-state index in [2.05, 4.69) is 11.8 Å². The number of sulfonamides is 1. The van der Waals surface area contributed by atoms with Crippen molar-refractivity contribution in [2.45, 2.75) is 4.90 Å². The number of aliphatic hydroxyl groups is 1. The van der Waals surface area contributed by atoms with Gasteiger partial charge in [0.05, 0.1) is 5.56 Å². The molecule has 0 radical (unpaired) electrons. The molecular weight excluding hydrogens is 320 g/mol. The molecule has 0 aromatic heterocycles. The van der Waals surface area contributed by atoms with Gasteiger partial charge in [-0.05, 0) is 12.3 Å². The largest absolute Gasteiger partial charge is 0.384 e. The Morgan fingerprint density at radius 1 is 1.38 bits per heavy atom. The van der Waals surface area contributed by atoms with Crippen LogP contribution in [0.5, 0.6) is 0 Å². The number of hydrogen-bond donors (Lipinski definition) is 1. The average Bonchev–Trinajstić information content (AvgIpc) is 2.41. The molecule has 1 aromatic carbocycles. The summed E-state index contributed by atoms with van der Waals surface area (Å²) in [5.74, 6) is 2.88. The fraction of sp³-hybridized carbons (Fsp3) is 0.385. The lowest BCUT2D eigenvalue weighted by molar-refractivity contribution is 0.350. The van der Waals surface area contributed by atoms with Gasteiger partial charge in [0.25, 0.3) is 0 Å². The molecule has 4 nitrogen and oxygen atoms in total. The molecule has 0 unspecified atom stereocenters. The summed E-state index contributed by atoms with van der Waals surface area (Å²) in [6, 6.07) is 1.33. The average molecular weight is 335 g/mol. The lowest BCUT2D eigenvalue weighted by Gasteiger charge is -2.18. The topological polar surface area (TPSA) is 57.6 Å². The molecule has 21 heavy (non-hydrogen) atoms. The van der Waals surface area contributed by atoms with Gasteiger partial charge in [-0.25, -0.2) is 17.2 Å². The van der Waals surface area contributed by atoms with Gasteiger partial charge in [0.1, 0.15) is 23.1 Å². The molecule has 1 aromatic rings. The first-order valence-corrected chi connectivity index (χ1v) is 8.72. The molecule has 0 saturated carbocycles. The summed E-state index contributed by atoms with van der Waals surface area (Å²) < 4.78 is 52.9. The van der Waals surface area contributed by atoms with Crippen molar-refractivity contribution in [3.8, 4) is 11.8 Å². The summed E-state index contributed by atoms with van der Waals surface area (Å²) in [5.41, 5.74) is -0.308. The predicted octanol–water partition coefficient (Wildman–Crippen LogP) is 1.29. The minimum absolute atomic E-state index is 0.188. The van der Waals surface area contributed by atoms with Crippen LogP contribution in [-0.4, -0.2) is 50.0 Å². The number of hydrogen-bond acceptors (Lipinski definition) is 4. The highest BCUT2D eigenvalue weighted by atomic mass is 32.2. The van der Waals surface area contributed by atoms with Gasteiger partial charge in [-0.15, -0.1) is 0 Å². The normalized spacial score (nSPS) is 11.3. The van der Waals surface area contributed by atoms with Crippen molar-refractivity contribution in [1.29, 1.82) is 0 Å². The molecule has 0 aliphatic heterocycles. The van der Waals surface area contributed by atoms with E-state index >= 15 is 0 Å². The standard InChI is InChI=1S/C13H15F2NO3S2/c1-16(5-7-20-2)21(18,19)13-10(4-3-6-17)8-11(14)9-12(13)15/h8-9,17H,5-7H2,1-2H3. The molecule has 0 bridgehead atoms. The Bertz CT molecular complexity index is 666. The number of benzene rings is 1. The van der Waals surface area contributed by atoms with Crippen LogP contribution >= 0.6 is 11.8 Å². The molecule has 0 spiro atoms. The Morgan fingerprint density at radius 3 is 2.62 bits per heavy atom. The summed E-state index contributed by atoms with van der Waals surface area (Å²) in [6.07, 6.45) is 1.82. The molecule has 1 rings (SSSR count). The second-order valence-electron chi connectivity index (χ2n) is 4.04. The van der Waals surface area contributed by atoms with Crippen LogP contribution in [0.25, 0.3) is 0 Å². The highest BCUT2D eigenvalue weighted by Crippen LogP contribution is 2.24. The molecule has 0 aliphatic carbocycles. The van der Waals surface area contributed by atoms with E-state index in [4.69, 9.17) is 5.11 Å². The Hall–Kier alpha value is -1.14. The first kappa shape index (κ1) is 17.9. The number of thioether (sulfide) groups is 1. The van der Waals surface area contributed by atoms with Crippen molar-refractivity contribution >= 4 is 21.8 Å². The third kappa shape index (κ3) is 4.41. The monoisotopic (exact) mass is 335 g/mol. The number of halogens is 2. The van der Waals surface area contributed by atoms with Gasteiger partial charge >= 0.3 is 0 Å². The van der Waals surface area contributed by atoms with E-state index < -0.39 is 33.2 Å². The van der Waals surface area contributed by atoms with Crippen LogP contribution in [-0.2, 0) is 10.0 Å². The van der Waals surface area contributed by atoms with E-state index in [1.807, 2.05) is 6.26 Å². The van der Waals surface area contributed by atoms with Gasteiger partial charge < -0.3 is 5.11 Å². The number of aliphatic hydroxyl groups excluding tert-OH is 1. The molecular formula is C13H15F2NO3S2. The summed E-state index contributed by atoms with van der Waals surface area (Å²) in [6.45, 7) is -0.354. The van der Waals surface area contributed by atoms with Crippen LogP contribution in [0.3, 0.4) is 0 Å². The fourth-order valence-corrected chi connectivity index (χ4v) is 3.45. The lowest BCUT2D eigenvalue weighted by atomic mass is 10.2. The van der Waals surface area contributed by atoms with Crippen LogP contribution in [0.1, 0.15) is 5.56 Å². The second kappa shape index (κ2) is 7.75. The molecule has 0 saturated heterocycles. The van der Waals surface area contributed by atoms with Gasteiger partial charge in [0, 0.05) is 25.4 Å². The Balaban J connectivity index is 3.40. The smallest absolute Gasteiger partial charge is 0.247 e. The minimum atomic E-state index is -4.13. The van der Waals surface area contributed by atoms with Crippen LogP contribution < -0.4 is 0 Å². The molecule has 1 N–H and O–H groups in total. The molecule has 0 atom stereocenters. The molecule has 8 heteroatoms. The van der Waals surface area contributed by atoms with Gasteiger partial charge in [0.2, 0.25) is 10.0 Å². The summed E-state index contributed by atoms with van der Waals surface area (Å²) in [5, 5.41) is 8.66. The maximum absolute atomic E-state index is 13.9. The maximum atomic E-state index is 13.9. The van der Waals surface area contributed by atoms with Gasteiger partial charge in [-0.3, -0.25) is 0 Å². The van der Waals surface area contributed by atoms with E-state index in [0.717, 1.165) is 10.4 Å². The molecule has 116 valence electrons. The van der Waals surface area contributed by atoms with Crippen LogP contribution in [0, 0.1) is 23.5 Å². The highest BCUT2D eigenvalue weighted by Gasteiger charge is 2.28. The quantitative estimate of drug-likeness (QED) is 0.824. The SMILES string of the molecule is CSCCN(C)S(=O)(=O)c1c(F)cc(F)cc1C#CCO. The lowest BCUT2D eigenvalue weighted by Crippen LogP contribution is -2.30. The van der Waals surface area contributed by atoms with Crippen LogP contribution in [0.2, 0.25) is 0 Å². The first-order valence-electron chi connectivity index (χ1n) is 5.88. The summed E-state index contributed by atoms with van der Waals surface area (Å²) >= 11 is 1.45. The third-order valence-corrected chi connectivity index (χ3v) is 5.11. The van der Waals surface area contributed by atoms with Crippen LogP contribution in [0.15, 0.2) is 17.0 Å². The minimum Gasteiger partial charge on any atom is -0.384 e. The summed E-state index contributed by atoms with van der Waals surface area (Å²) in [4.78, 5) is -0.673. The van der Waals surface area contributed by atoms with E-state index in [1.54, 1.807) is 0 Å². The Kier molecular flexibility index (Phi) is 6.61. The van der Waals surface area contributed by atoms with E-state index in [1.165, 1.54) is 18.8 Å². The van der Waals surface area contributed by atoms with Crippen molar-refractivity contribution in [3.05, 3.63) is 29.3 Å². The molecule has 0 amide bonds. The Labute approximate surface area is 127 Å². The highest BCUT2D eigenvalue weighted by molar-refractivity contribution is 7.98. The van der Waals surface area contributed by atoms with Crippen molar-refractivity contribution < 1.29 is 22.3 Å². The fourth-order valence-electron chi connectivity index (χ4n) is 1.55. The zero-order valence-electron chi connectivity index (χ0n) is 11.6. The van der Waals surface area contributed by atoms with Gasteiger partial charge in [-0.2, -0.15) is 16.1 Å². The molecule has 0 heterocycles. The predicted molar refractivity (Wildman–Crippen MR) is 78.5 cm³/mol. The zero-order valence-corrected chi connectivity index (χ0v) is 13.2. The van der Waals surface area contributed by atoms with Crippen molar-refractivity contribution in [2.75, 3.05) is 32.2 Å². The molecule has 0 aliphatic rings. The zero-order chi connectivity index (χ0) is 16.0. The van der Waals surface area contributed by atoms with E-state index in [0.29, 0.717) is 11.8 Å². The second-order valence-corrected chi connectivity index (χ2v) is 7.01. The number of rotatable bonds is 5. The summed E-state index contributed by atoms with van der Waals surface area (Å²) in [7, 11) is -2.81. The first-order chi connectivity index (χ1) is 9.84. The van der Waals surface area contributed by atoms with Crippen molar-refractivity contribution in [2.24, 2.45) is 0 Å². The maximum Gasteiger partial charge on any atom is 0.247 e. The number of nitrogens with zero attached hydrogens (tertiary/aromatic N) is 1. The van der Waals surface area contributed by atoms with E-state index in [-0.39, 0.29) is 12.1 Å². The van der Waals surface area contributed by atoms with Gasteiger partial charge in [-0.1, -0.05) is 11.8 Å². The van der Waals surface area contributed by atoms with Crippen molar-refractivity contribution in [1.82, 2.24) is 4.31 Å². The van der Waals surface area contributed by atoms with Crippen LogP contribution in [0.4, 0.5) is 8.78 Å². The van der Waals surface area contributed by atoms with Gasteiger partial charge in [0.15, 0.2) is 0 Å². The third-order valence-electron chi connectivity index (χ3n) is 2.59. The van der Waals surface area contributed by atoms with Crippen molar-refractivity contribution in [3.63, 3.8) is 0 Å². The molecule has 0 fully saturated rings.